The van der Waals surface area contributed by atoms with E-state index in [1.165, 1.54) is 0 Å². The van der Waals surface area contributed by atoms with Crippen LogP contribution in [0.15, 0.2) is 0 Å². The third kappa shape index (κ3) is 11.6. The van der Waals surface area contributed by atoms with Crippen molar-refractivity contribution in [2.45, 2.75) is 40.5 Å². The first kappa shape index (κ1) is 19.8. The fourth-order valence-corrected chi connectivity index (χ4v) is 3.71. The van der Waals surface area contributed by atoms with E-state index in [0.29, 0.717) is 24.7 Å². The molecule has 0 fully saturated rings. The van der Waals surface area contributed by atoms with Crippen LogP contribution in [0.3, 0.4) is 0 Å². The second kappa shape index (κ2) is 8.96. The van der Waals surface area contributed by atoms with Crippen molar-refractivity contribution in [3.63, 3.8) is 0 Å². The van der Waals surface area contributed by atoms with E-state index in [-0.39, 0.29) is 13.2 Å². The fourth-order valence-electron chi connectivity index (χ4n) is 1.14. The lowest BCUT2D eigenvalue weighted by atomic mass is 10.2. The van der Waals surface area contributed by atoms with Crippen LogP contribution in [-0.2, 0) is 28.6 Å². The molecule has 0 heterocycles. The Balaban J connectivity index is 4.11. The third-order valence-corrected chi connectivity index (χ3v) is 5.22. The van der Waals surface area contributed by atoms with Crippen molar-refractivity contribution in [3.05, 3.63) is 0 Å². The molecule has 0 amide bonds. The summed E-state index contributed by atoms with van der Waals surface area (Å²) in [6.07, 6.45) is 1.22. The van der Waals surface area contributed by atoms with Crippen LogP contribution in [-0.4, -0.2) is 41.6 Å². The zero-order valence-electron chi connectivity index (χ0n) is 12.7. The molecule has 6 nitrogen and oxygen atoms in total. The van der Waals surface area contributed by atoms with E-state index >= 15 is 0 Å². The minimum Gasteiger partial charge on any atom is -0.270 e. The molecule has 0 radical (unpaired) electrons. The van der Waals surface area contributed by atoms with Crippen molar-refractivity contribution < 1.29 is 25.2 Å². The predicted molar refractivity (Wildman–Crippen MR) is 78.4 cm³/mol. The first-order chi connectivity index (χ1) is 9.04. The Morgan fingerprint density at radius 2 is 1.00 bits per heavy atom. The highest BCUT2D eigenvalue weighted by atomic mass is 32.2. The largest absolute Gasteiger partial charge is 0.270 e. The molecule has 0 N–H and O–H groups in total. The maximum Gasteiger partial charge on any atom is 0.268 e. The smallest absolute Gasteiger partial charge is 0.268 e. The quantitative estimate of drug-likeness (QED) is 0.537. The van der Waals surface area contributed by atoms with Crippen LogP contribution in [0.5, 0.6) is 0 Å². The zero-order chi connectivity index (χ0) is 15.8. The molecule has 0 unspecified atom stereocenters. The summed E-state index contributed by atoms with van der Waals surface area (Å²) in [5.74, 6) is -0.494. The van der Waals surface area contributed by atoms with Crippen LogP contribution in [0.1, 0.15) is 40.5 Å². The van der Waals surface area contributed by atoms with Crippen molar-refractivity contribution in [3.8, 4) is 0 Å². The van der Waals surface area contributed by atoms with Gasteiger partial charge in [-0.1, -0.05) is 27.7 Å². The molecule has 0 atom stereocenters. The van der Waals surface area contributed by atoms with Gasteiger partial charge in [-0.3, -0.25) is 8.37 Å². The number of rotatable bonds is 11. The van der Waals surface area contributed by atoms with E-state index in [2.05, 4.69) is 0 Å². The van der Waals surface area contributed by atoms with Gasteiger partial charge in [0, 0.05) is 0 Å². The van der Waals surface area contributed by atoms with Crippen molar-refractivity contribution in [1.82, 2.24) is 0 Å². The van der Waals surface area contributed by atoms with Crippen LogP contribution < -0.4 is 0 Å². The van der Waals surface area contributed by atoms with Crippen molar-refractivity contribution in [1.29, 1.82) is 0 Å². The molecule has 0 aliphatic heterocycles. The molecule has 0 aromatic carbocycles. The average Bonchev–Trinajstić information content (AvgIpc) is 2.25. The van der Waals surface area contributed by atoms with E-state index in [0.717, 1.165) is 0 Å². The molecule has 0 saturated carbocycles. The van der Waals surface area contributed by atoms with Gasteiger partial charge >= 0.3 is 0 Å². The average molecular weight is 330 g/mol. The summed E-state index contributed by atoms with van der Waals surface area (Å²) in [6, 6.07) is 0. The van der Waals surface area contributed by atoms with Crippen LogP contribution in [0.25, 0.3) is 0 Å². The summed E-state index contributed by atoms with van der Waals surface area (Å²) in [7, 11) is -7.62. The van der Waals surface area contributed by atoms with Crippen LogP contribution in [0, 0.1) is 11.8 Å². The summed E-state index contributed by atoms with van der Waals surface area (Å²) >= 11 is 0. The molecule has 0 rings (SSSR count). The Kier molecular flexibility index (Phi) is 8.88. The zero-order valence-corrected chi connectivity index (χ0v) is 14.3. The standard InChI is InChI=1S/C12H26O6S2/c1-11(2)5-7-17-19(13,14)9-10-20(15,16)18-8-6-12(3)4/h11-12H,5-10H2,1-4H3. The first-order valence-corrected chi connectivity index (χ1v) is 9.94. The minimum absolute atomic E-state index is 0.0776. The van der Waals surface area contributed by atoms with Gasteiger partial charge in [0.2, 0.25) is 0 Å². The molecule has 0 bridgehead atoms. The van der Waals surface area contributed by atoms with Gasteiger partial charge in [0.25, 0.3) is 20.2 Å². The molecule has 0 aliphatic carbocycles. The maximum atomic E-state index is 11.5. The molecule has 0 aromatic rings. The van der Waals surface area contributed by atoms with Crippen LogP contribution >= 0.6 is 0 Å². The predicted octanol–water partition coefficient (Wildman–Crippen LogP) is 1.77. The lowest BCUT2D eigenvalue weighted by Crippen LogP contribution is -2.22. The second-order valence-electron chi connectivity index (χ2n) is 5.53. The Bertz CT molecular complexity index is 406. The van der Waals surface area contributed by atoms with Gasteiger partial charge in [0.05, 0.1) is 24.7 Å². The molecule has 0 spiro atoms. The highest BCUT2D eigenvalue weighted by Crippen LogP contribution is 2.06. The highest BCUT2D eigenvalue weighted by molar-refractivity contribution is 7.90. The van der Waals surface area contributed by atoms with Crippen LogP contribution in [0.4, 0.5) is 0 Å². The number of hydrogen-bond acceptors (Lipinski definition) is 6. The Hall–Kier alpha value is -0.180. The van der Waals surface area contributed by atoms with E-state index in [4.69, 9.17) is 8.37 Å². The van der Waals surface area contributed by atoms with E-state index in [9.17, 15) is 16.8 Å². The second-order valence-corrected chi connectivity index (χ2v) is 9.05. The van der Waals surface area contributed by atoms with Gasteiger partial charge in [0.1, 0.15) is 0 Å². The topological polar surface area (TPSA) is 86.7 Å². The van der Waals surface area contributed by atoms with Gasteiger partial charge in [-0.15, -0.1) is 0 Å². The Morgan fingerprint density at radius 1 is 0.700 bits per heavy atom. The normalized spacial score (nSPS) is 13.3. The van der Waals surface area contributed by atoms with Crippen molar-refractivity contribution in [2.24, 2.45) is 11.8 Å². The first-order valence-electron chi connectivity index (χ1n) is 6.78. The van der Waals surface area contributed by atoms with E-state index in [1.807, 2.05) is 27.7 Å². The molecule has 122 valence electrons. The SMILES string of the molecule is CC(C)CCOS(=O)(=O)CCS(=O)(=O)OCCC(C)C. The van der Waals surface area contributed by atoms with Crippen molar-refractivity contribution in [2.75, 3.05) is 24.7 Å². The lowest BCUT2D eigenvalue weighted by Gasteiger charge is -2.09. The van der Waals surface area contributed by atoms with Gasteiger partial charge in [-0.25, -0.2) is 0 Å². The summed E-state index contributed by atoms with van der Waals surface area (Å²) in [5.41, 5.74) is 0. The minimum atomic E-state index is -3.81. The van der Waals surface area contributed by atoms with Crippen LogP contribution in [0.2, 0.25) is 0 Å². The number of hydrogen-bond donors (Lipinski definition) is 0. The maximum absolute atomic E-state index is 11.5. The summed E-state index contributed by atoms with van der Waals surface area (Å²) in [6.45, 7) is 7.94. The highest BCUT2D eigenvalue weighted by Gasteiger charge is 2.19. The molecular formula is C12H26O6S2. The van der Waals surface area contributed by atoms with Crippen molar-refractivity contribution >= 4 is 20.2 Å². The Morgan fingerprint density at radius 3 is 1.25 bits per heavy atom. The summed E-state index contributed by atoms with van der Waals surface area (Å²) in [4.78, 5) is 0. The van der Waals surface area contributed by atoms with Gasteiger partial charge < -0.3 is 0 Å². The lowest BCUT2D eigenvalue weighted by molar-refractivity contribution is 0.287. The van der Waals surface area contributed by atoms with E-state index in [1.54, 1.807) is 0 Å². The van der Waals surface area contributed by atoms with Gasteiger partial charge in [-0.05, 0) is 24.7 Å². The summed E-state index contributed by atoms with van der Waals surface area (Å²) < 4.78 is 55.5. The molecular weight excluding hydrogens is 304 g/mol. The third-order valence-electron chi connectivity index (χ3n) is 2.50. The molecule has 0 aromatic heterocycles. The fraction of sp³-hybridized carbons (Fsp3) is 1.00. The molecule has 0 saturated heterocycles. The Labute approximate surface area is 123 Å². The summed E-state index contributed by atoms with van der Waals surface area (Å²) in [5, 5.41) is 0. The van der Waals surface area contributed by atoms with Gasteiger partial charge in [-0.2, -0.15) is 16.8 Å². The van der Waals surface area contributed by atoms with Gasteiger partial charge in [0.15, 0.2) is 0 Å². The molecule has 20 heavy (non-hydrogen) atoms. The molecule has 0 aliphatic rings. The van der Waals surface area contributed by atoms with E-state index < -0.39 is 31.7 Å². The monoisotopic (exact) mass is 330 g/mol. The molecule has 8 heteroatoms.